The van der Waals surface area contributed by atoms with E-state index in [4.69, 9.17) is 0 Å². The van der Waals surface area contributed by atoms with Gasteiger partial charge in [0.2, 0.25) is 5.91 Å². The topological polar surface area (TPSA) is 32.3 Å². The van der Waals surface area contributed by atoms with Gasteiger partial charge in [0.05, 0.1) is 6.54 Å². The van der Waals surface area contributed by atoms with Gasteiger partial charge in [-0.05, 0) is 46.7 Å². The lowest BCUT2D eigenvalue weighted by molar-refractivity contribution is -0.123. The van der Waals surface area contributed by atoms with Crippen LogP contribution in [-0.2, 0) is 4.79 Å². The monoisotopic (exact) mass is 184 g/mol. The van der Waals surface area contributed by atoms with Gasteiger partial charge in [-0.2, -0.15) is 0 Å². The lowest BCUT2D eigenvalue weighted by Crippen LogP contribution is -2.45. The molecule has 1 aliphatic rings. The van der Waals surface area contributed by atoms with Crippen LogP contribution in [0.25, 0.3) is 0 Å². The molecule has 76 valence electrons. The van der Waals surface area contributed by atoms with E-state index in [9.17, 15) is 4.79 Å². The van der Waals surface area contributed by atoms with Crippen LogP contribution < -0.4 is 5.32 Å². The van der Waals surface area contributed by atoms with Crippen LogP contribution >= 0.6 is 0 Å². The molecule has 0 saturated carbocycles. The fourth-order valence-electron chi connectivity index (χ4n) is 1.60. The SMILES string of the molecule is CC(C)(C)NC(=O)CN1CCCC1. The van der Waals surface area contributed by atoms with Crippen LogP contribution in [0.1, 0.15) is 33.6 Å². The van der Waals surface area contributed by atoms with Crippen molar-refractivity contribution >= 4 is 5.91 Å². The molecule has 0 radical (unpaired) electrons. The fraction of sp³-hybridized carbons (Fsp3) is 0.900. The first-order chi connectivity index (χ1) is 5.97. The quantitative estimate of drug-likeness (QED) is 0.694. The Morgan fingerprint density at radius 1 is 1.31 bits per heavy atom. The molecule has 0 bridgehead atoms. The summed E-state index contributed by atoms with van der Waals surface area (Å²) in [7, 11) is 0. The summed E-state index contributed by atoms with van der Waals surface area (Å²) in [5, 5.41) is 2.97. The van der Waals surface area contributed by atoms with E-state index in [2.05, 4.69) is 10.2 Å². The van der Waals surface area contributed by atoms with Crippen LogP contribution in [0.5, 0.6) is 0 Å². The Labute approximate surface area is 80.5 Å². The van der Waals surface area contributed by atoms with Crippen molar-refractivity contribution in [2.75, 3.05) is 19.6 Å². The molecular weight excluding hydrogens is 164 g/mol. The number of carbonyl (C=O) groups excluding carboxylic acids is 1. The molecule has 0 aromatic rings. The molecule has 1 amide bonds. The predicted octanol–water partition coefficient (Wildman–Crippen LogP) is 0.997. The third-order valence-electron chi connectivity index (χ3n) is 2.08. The number of hydrogen-bond acceptors (Lipinski definition) is 2. The van der Waals surface area contributed by atoms with Crippen molar-refractivity contribution in [3.05, 3.63) is 0 Å². The third-order valence-corrected chi connectivity index (χ3v) is 2.08. The predicted molar refractivity (Wildman–Crippen MR) is 53.6 cm³/mol. The highest BCUT2D eigenvalue weighted by atomic mass is 16.2. The van der Waals surface area contributed by atoms with E-state index >= 15 is 0 Å². The molecule has 1 rings (SSSR count). The van der Waals surface area contributed by atoms with E-state index in [0.29, 0.717) is 6.54 Å². The van der Waals surface area contributed by atoms with Crippen LogP contribution in [0.2, 0.25) is 0 Å². The lowest BCUT2D eigenvalue weighted by atomic mass is 10.1. The van der Waals surface area contributed by atoms with E-state index < -0.39 is 0 Å². The summed E-state index contributed by atoms with van der Waals surface area (Å²) in [5.41, 5.74) is -0.100. The highest BCUT2D eigenvalue weighted by Gasteiger charge is 2.18. The van der Waals surface area contributed by atoms with Crippen molar-refractivity contribution in [3.63, 3.8) is 0 Å². The summed E-state index contributed by atoms with van der Waals surface area (Å²) in [5.74, 6) is 0.148. The van der Waals surface area contributed by atoms with Crippen LogP contribution in [0.15, 0.2) is 0 Å². The minimum atomic E-state index is -0.100. The molecule has 0 aromatic carbocycles. The molecule has 0 spiro atoms. The zero-order valence-corrected chi connectivity index (χ0v) is 8.89. The number of nitrogens with one attached hydrogen (secondary N) is 1. The molecule has 1 fully saturated rings. The normalized spacial score (nSPS) is 19.0. The van der Waals surface area contributed by atoms with Crippen molar-refractivity contribution in [2.45, 2.75) is 39.2 Å². The number of hydrogen-bond donors (Lipinski definition) is 1. The molecule has 1 aliphatic heterocycles. The molecule has 1 heterocycles. The number of rotatable bonds is 2. The summed E-state index contributed by atoms with van der Waals surface area (Å²) < 4.78 is 0. The zero-order chi connectivity index (χ0) is 9.90. The largest absolute Gasteiger partial charge is 0.350 e. The Morgan fingerprint density at radius 2 is 1.85 bits per heavy atom. The van der Waals surface area contributed by atoms with Gasteiger partial charge in [-0.15, -0.1) is 0 Å². The molecule has 1 saturated heterocycles. The van der Waals surface area contributed by atoms with Crippen molar-refractivity contribution in [2.24, 2.45) is 0 Å². The zero-order valence-electron chi connectivity index (χ0n) is 8.89. The van der Waals surface area contributed by atoms with Gasteiger partial charge in [0, 0.05) is 5.54 Å². The molecule has 0 aromatic heterocycles. The maximum absolute atomic E-state index is 11.5. The summed E-state index contributed by atoms with van der Waals surface area (Å²) in [4.78, 5) is 13.7. The van der Waals surface area contributed by atoms with Gasteiger partial charge >= 0.3 is 0 Å². The number of likely N-dealkylation sites (tertiary alicyclic amines) is 1. The molecule has 0 unspecified atom stereocenters. The van der Waals surface area contributed by atoms with Gasteiger partial charge in [-0.1, -0.05) is 0 Å². The summed E-state index contributed by atoms with van der Waals surface area (Å²) in [6.07, 6.45) is 2.48. The van der Waals surface area contributed by atoms with Gasteiger partial charge in [0.25, 0.3) is 0 Å². The number of amides is 1. The standard InChI is InChI=1S/C10H20N2O/c1-10(2,3)11-9(13)8-12-6-4-5-7-12/h4-8H2,1-3H3,(H,11,13). The van der Waals surface area contributed by atoms with E-state index in [1.165, 1.54) is 12.8 Å². The molecule has 0 aliphatic carbocycles. The first-order valence-electron chi connectivity index (χ1n) is 5.01. The third kappa shape index (κ3) is 4.27. The Morgan fingerprint density at radius 3 is 2.31 bits per heavy atom. The maximum atomic E-state index is 11.5. The van der Waals surface area contributed by atoms with Crippen molar-refractivity contribution in [1.82, 2.24) is 10.2 Å². The first-order valence-corrected chi connectivity index (χ1v) is 5.01. The first kappa shape index (κ1) is 10.5. The second-order valence-corrected chi connectivity index (χ2v) is 4.78. The molecule has 3 nitrogen and oxygen atoms in total. The van der Waals surface area contributed by atoms with Crippen LogP contribution in [-0.4, -0.2) is 36.0 Å². The Bertz CT molecular complexity index is 178. The molecular formula is C10H20N2O. The van der Waals surface area contributed by atoms with Crippen molar-refractivity contribution in [3.8, 4) is 0 Å². The molecule has 1 N–H and O–H groups in total. The van der Waals surface area contributed by atoms with Crippen LogP contribution in [0.4, 0.5) is 0 Å². The smallest absolute Gasteiger partial charge is 0.234 e. The van der Waals surface area contributed by atoms with Gasteiger partial charge < -0.3 is 5.32 Å². The minimum absolute atomic E-state index is 0.100. The van der Waals surface area contributed by atoms with Crippen LogP contribution in [0.3, 0.4) is 0 Å². The molecule has 0 atom stereocenters. The lowest BCUT2D eigenvalue weighted by Gasteiger charge is -2.22. The average Bonchev–Trinajstić information content (AvgIpc) is 2.34. The van der Waals surface area contributed by atoms with Gasteiger partial charge in [-0.3, -0.25) is 9.69 Å². The summed E-state index contributed by atoms with van der Waals surface area (Å²) in [6.45, 7) is 8.75. The van der Waals surface area contributed by atoms with Gasteiger partial charge in [-0.25, -0.2) is 0 Å². The second-order valence-electron chi connectivity index (χ2n) is 4.78. The van der Waals surface area contributed by atoms with Crippen molar-refractivity contribution < 1.29 is 4.79 Å². The van der Waals surface area contributed by atoms with E-state index in [1.54, 1.807) is 0 Å². The fourth-order valence-corrected chi connectivity index (χ4v) is 1.60. The van der Waals surface area contributed by atoms with E-state index in [0.717, 1.165) is 13.1 Å². The van der Waals surface area contributed by atoms with E-state index in [1.807, 2.05) is 20.8 Å². The van der Waals surface area contributed by atoms with Gasteiger partial charge in [0.15, 0.2) is 0 Å². The second kappa shape index (κ2) is 4.09. The molecule has 13 heavy (non-hydrogen) atoms. The van der Waals surface area contributed by atoms with Crippen molar-refractivity contribution in [1.29, 1.82) is 0 Å². The minimum Gasteiger partial charge on any atom is -0.350 e. The Balaban J connectivity index is 2.24. The average molecular weight is 184 g/mol. The van der Waals surface area contributed by atoms with Gasteiger partial charge in [0.1, 0.15) is 0 Å². The highest BCUT2D eigenvalue weighted by molar-refractivity contribution is 5.78. The highest BCUT2D eigenvalue weighted by Crippen LogP contribution is 2.06. The Kier molecular flexibility index (Phi) is 3.31. The summed E-state index contributed by atoms with van der Waals surface area (Å²) in [6, 6.07) is 0. The maximum Gasteiger partial charge on any atom is 0.234 e. The summed E-state index contributed by atoms with van der Waals surface area (Å²) >= 11 is 0. The number of nitrogens with zero attached hydrogens (tertiary/aromatic N) is 1. The van der Waals surface area contributed by atoms with Crippen LogP contribution in [0, 0.1) is 0 Å². The Hall–Kier alpha value is -0.570. The molecule has 3 heteroatoms. The van der Waals surface area contributed by atoms with E-state index in [-0.39, 0.29) is 11.4 Å². The number of carbonyl (C=O) groups is 1.